The number of halogens is 3. The number of amides is 2. The first-order chi connectivity index (χ1) is 17.3. The molecule has 3 aromatic rings. The fourth-order valence-electron chi connectivity index (χ4n) is 3.47. The standard InChI is InChI=1S/C25H24F3N3O5S/c1-16-10-11-22(36-3)23(12-16)37(34,35)31(21-9-4-6-18(13-21)25(26,27)28)15-24(33)30-20-8-5-7-19(14-20)29-17(2)32/h4-14H,15H2,1-3H3,(H,29,32)(H,30,33). The van der Waals surface area contributed by atoms with Crippen LogP contribution in [0.3, 0.4) is 0 Å². The van der Waals surface area contributed by atoms with Crippen molar-refractivity contribution in [2.75, 3.05) is 28.6 Å². The molecule has 3 aromatic carbocycles. The Bertz CT molecular complexity index is 1430. The summed E-state index contributed by atoms with van der Waals surface area (Å²) in [6.07, 6.45) is -4.74. The molecule has 0 aliphatic heterocycles. The summed E-state index contributed by atoms with van der Waals surface area (Å²) < 4.78 is 73.4. The van der Waals surface area contributed by atoms with Crippen molar-refractivity contribution in [2.24, 2.45) is 0 Å². The molecule has 0 saturated carbocycles. The summed E-state index contributed by atoms with van der Waals surface area (Å²) in [6, 6.07) is 14.1. The van der Waals surface area contributed by atoms with Crippen LogP contribution in [0.2, 0.25) is 0 Å². The smallest absolute Gasteiger partial charge is 0.416 e. The molecular formula is C25H24F3N3O5S. The molecular weight excluding hydrogens is 511 g/mol. The highest BCUT2D eigenvalue weighted by molar-refractivity contribution is 7.93. The van der Waals surface area contributed by atoms with E-state index in [2.05, 4.69) is 10.6 Å². The quantitative estimate of drug-likeness (QED) is 0.431. The molecule has 37 heavy (non-hydrogen) atoms. The molecule has 3 rings (SSSR count). The van der Waals surface area contributed by atoms with E-state index in [1.807, 2.05) is 0 Å². The number of aryl methyl sites for hydroxylation is 1. The molecule has 0 unspecified atom stereocenters. The average molecular weight is 536 g/mol. The maximum absolute atomic E-state index is 13.7. The second-order valence-corrected chi connectivity index (χ2v) is 9.85. The lowest BCUT2D eigenvalue weighted by Gasteiger charge is -2.26. The maximum Gasteiger partial charge on any atom is 0.416 e. The Morgan fingerprint density at radius 3 is 2.22 bits per heavy atom. The van der Waals surface area contributed by atoms with E-state index >= 15 is 0 Å². The van der Waals surface area contributed by atoms with Gasteiger partial charge in [-0.25, -0.2) is 8.42 Å². The number of carbonyl (C=O) groups excluding carboxylic acids is 2. The molecule has 2 amide bonds. The van der Waals surface area contributed by atoms with Gasteiger partial charge in [0.05, 0.1) is 18.4 Å². The summed E-state index contributed by atoms with van der Waals surface area (Å²) in [7, 11) is -3.31. The van der Waals surface area contributed by atoms with Crippen molar-refractivity contribution in [1.82, 2.24) is 0 Å². The van der Waals surface area contributed by atoms with Crippen molar-refractivity contribution in [3.63, 3.8) is 0 Å². The first-order valence-corrected chi connectivity index (χ1v) is 12.3. The van der Waals surface area contributed by atoms with Gasteiger partial charge in [0.2, 0.25) is 11.8 Å². The normalized spacial score (nSPS) is 11.5. The van der Waals surface area contributed by atoms with Crippen LogP contribution in [0.4, 0.5) is 30.2 Å². The third-order valence-electron chi connectivity index (χ3n) is 5.10. The Morgan fingerprint density at radius 1 is 0.946 bits per heavy atom. The van der Waals surface area contributed by atoms with Gasteiger partial charge >= 0.3 is 6.18 Å². The summed E-state index contributed by atoms with van der Waals surface area (Å²) in [5.74, 6) is -1.20. The Kier molecular flexibility index (Phi) is 8.12. The minimum absolute atomic E-state index is 0.0361. The van der Waals surface area contributed by atoms with E-state index in [1.165, 1.54) is 44.4 Å². The SMILES string of the molecule is COc1ccc(C)cc1S(=O)(=O)N(CC(=O)Nc1cccc(NC(C)=O)c1)c1cccc(C(F)(F)F)c1. The molecule has 0 radical (unpaired) electrons. The minimum Gasteiger partial charge on any atom is -0.495 e. The predicted octanol–water partition coefficient (Wildman–Crippen LogP) is 4.81. The van der Waals surface area contributed by atoms with Crippen LogP contribution in [0.1, 0.15) is 18.1 Å². The van der Waals surface area contributed by atoms with E-state index in [1.54, 1.807) is 25.1 Å². The first kappa shape index (κ1) is 27.5. The highest BCUT2D eigenvalue weighted by atomic mass is 32.2. The van der Waals surface area contributed by atoms with Gasteiger partial charge in [0.1, 0.15) is 17.2 Å². The van der Waals surface area contributed by atoms with E-state index in [0.717, 1.165) is 12.1 Å². The van der Waals surface area contributed by atoms with Crippen LogP contribution < -0.4 is 19.7 Å². The van der Waals surface area contributed by atoms with E-state index in [0.29, 0.717) is 21.6 Å². The van der Waals surface area contributed by atoms with Crippen molar-refractivity contribution >= 4 is 38.9 Å². The minimum atomic E-state index is -4.74. The number of sulfonamides is 1. The molecule has 0 spiro atoms. The van der Waals surface area contributed by atoms with Crippen molar-refractivity contribution in [1.29, 1.82) is 0 Å². The Balaban J connectivity index is 2.04. The van der Waals surface area contributed by atoms with Gasteiger partial charge in [-0.15, -0.1) is 0 Å². The van der Waals surface area contributed by atoms with Gasteiger partial charge < -0.3 is 15.4 Å². The Hall–Kier alpha value is -4.06. The number of benzene rings is 3. The summed E-state index contributed by atoms with van der Waals surface area (Å²) in [5, 5.41) is 5.07. The van der Waals surface area contributed by atoms with Crippen LogP contribution in [0.25, 0.3) is 0 Å². The van der Waals surface area contributed by atoms with Gasteiger partial charge in [0.25, 0.3) is 10.0 Å². The molecule has 2 N–H and O–H groups in total. The van der Waals surface area contributed by atoms with Crippen molar-refractivity contribution in [3.8, 4) is 5.75 Å². The number of methoxy groups -OCH3 is 1. The van der Waals surface area contributed by atoms with Gasteiger partial charge in [-0.2, -0.15) is 13.2 Å². The maximum atomic E-state index is 13.7. The molecule has 0 heterocycles. The second kappa shape index (κ2) is 10.9. The van der Waals surface area contributed by atoms with Gasteiger partial charge in [0.15, 0.2) is 0 Å². The molecule has 0 aromatic heterocycles. The number of nitrogens with one attached hydrogen (secondary N) is 2. The van der Waals surface area contributed by atoms with E-state index in [-0.39, 0.29) is 27.9 Å². The van der Waals surface area contributed by atoms with Crippen molar-refractivity contribution in [3.05, 3.63) is 77.9 Å². The van der Waals surface area contributed by atoms with Crippen LogP contribution in [-0.4, -0.2) is 33.9 Å². The predicted molar refractivity (Wildman–Crippen MR) is 133 cm³/mol. The highest BCUT2D eigenvalue weighted by Gasteiger charge is 2.34. The van der Waals surface area contributed by atoms with E-state index in [9.17, 15) is 31.2 Å². The summed E-state index contributed by atoms with van der Waals surface area (Å²) in [6.45, 7) is 2.11. The molecule has 196 valence electrons. The number of alkyl halides is 3. The molecule has 12 heteroatoms. The lowest BCUT2D eigenvalue weighted by molar-refractivity contribution is -0.137. The van der Waals surface area contributed by atoms with Gasteiger partial charge in [-0.1, -0.05) is 18.2 Å². The van der Waals surface area contributed by atoms with Gasteiger partial charge in [-0.3, -0.25) is 13.9 Å². The molecule has 0 aliphatic carbocycles. The van der Waals surface area contributed by atoms with Crippen LogP contribution in [-0.2, 0) is 25.8 Å². The highest BCUT2D eigenvalue weighted by Crippen LogP contribution is 2.35. The summed E-state index contributed by atoms with van der Waals surface area (Å²) in [5.41, 5.74) is -0.254. The molecule has 0 fully saturated rings. The number of hydrogen-bond donors (Lipinski definition) is 2. The third-order valence-corrected chi connectivity index (χ3v) is 6.90. The van der Waals surface area contributed by atoms with E-state index in [4.69, 9.17) is 4.74 Å². The Morgan fingerprint density at radius 2 is 1.59 bits per heavy atom. The topological polar surface area (TPSA) is 105 Å². The van der Waals surface area contributed by atoms with Crippen LogP contribution in [0, 0.1) is 6.92 Å². The number of nitrogens with zero attached hydrogens (tertiary/aromatic N) is 1. The lowest BCUT2D eigenvalue weighted by Crippen LogP contribution is -2.38. The fourth-order valence-corrected chi connectivity index (χ4v) is 5.12. The number of rotatable bonds is 8. The molecule has 0 aliphatic rings. The zero-order valence-corrected chi connectivity index (χ0v) is 20.9. The number of hydrogen-bond acceptors (Lipinski definition) is 5. The first-order valence-electron chi connectivity index (χ1n) is 10.8. The van der Waals surface area contributed by atoms with Crippen LogP contribution in [0.5, 0.6) is 5.75 Å². The number of carbonyl (C=O) groups is 2. The van der Waals surface area contributed by atoms with Crippen LogP contribution >= 0.6 is 0 Å². The van der Waals surface area contributed by atoms with Crippen molar-refractivity contribution < 1.29 is 35.9 Å². The molecule has 8 nitrogen and oxygen atoms in total. The molecule has 0 saturated heterocycles. The summed E-state index contributed by atoms with van der Waals surface area (Å²) >= 11 is 0. The fraction of sp³-hybridized carbons (Fsp3) is 0.200. The number of ether oxygens (including phenoxy) is 1. The lowest BCUT2D eigenvalue weighted by atomic mass is 10.2. The Labute approximate surface area is 212 Å². The monoisotopic (exact) mass is 535 g/mol. The molecule has 0 bridgehead atoms. The largest absolute Gasteiger partial charge is 0.495 e. The van der Waals surface area contributed by atoms with Crippen molar-refractivity contribution in [2.45, 2.75) is 24.9 Å². The zero-order valence-electron chi connectivity index (χ0n) is 20.1. The number of anilines is 3. The van der Waals surface area contributed by atoms with Gasteiger partial charge in [0, 0.05) is 18.3 Å². The second-order valence-electron chi connectivity index (χ2n) is 8.02. The average Bonchev–Trinajstić information content (AvgIpc) is 2.81. The summed E-state index contributed by atoms with van der Waals surface area (Å²) in [4.78, 5) is 23.9. The zero-order chi connectivity index (χ0) is 27.4. The molecule has 0 atom stereocenters. The van der Waals surface area contributed by atoms with Gasteiger partial charge in [-0.05, 0) is 61.0 Å². The third kappa shape index (κ3) is 6.79. The van der Waals surface area contributed by atoms with Crippen LogP contribution in [0.15, 0.2) is 71.6 Å². The van der Waals surface area contributed by atoms with E-state index < -0.39 is 34.2 Å².